The lowest BCUT2D eigenvalue weighted by atomic mass is 10.9. The summed E-state index contributed by atoms with van der Waals surface area (Å²) in [5.74, 6) is 0. The molecule has 4 heteroatoms. The molecule has 0 amide bonds. The third kappa shape index (κ3) is 4.88. The zero-order chi connectivity index (χ0) is 5.21. The quantitative estimate of drug-likeness (QED) is 0.496. The maximum absolute atomic E-state index is 11.7. The van der Waals surface area contributed by atoms with E-state index < -0.39 is 1.68 Å². The number of nitriles is 1. The van der Waals surface area contributed by atoms with Crippen molar-refractivity contribution in [2.45, 2.75) is 1.68 Å². The monoisotopic (exact) mass is 311 g/mol. The van der Waals surface area contributed by atoms with Crippen LogP contribution >= 0.6 is 45.2 Å². The van der Waals surface area contributed by atoms with Crippen LogP contribution < -0.4 is 0 Å². The lowest BCUT2D eigenvalue weighted by Gasteiger charge is -1.90. The van der Waals surface area contributed by atoms with Gasteiger partial charge in [-0.05, 0) is 45.2 Å². The molecule has 1 nitrogen and oxygen atoms in total. The van der Waals surface area contributed by atoms with E-state index in [4.69, 9.17) is 5.26 Å². The van der Waals surface area contributed by atoms with Crippen molar-refractivity contribution in [3.8, 4) is 6.07 Å². The number of halogens is 3. The number of alkyl halides is 3. The second-order valence-electron chi connectivity index (χ2n) is 0.610. The van der Waals surface area contributed by atoms with Gasteiger partial charge in [-0.15, -0.1) is 0 Å². The van der Waals surface area contributed by atoms with Crippen molar-refractivity contribution in [3.05, 3.63) is 0 Å². The standard InChI is InChI=1S/C2FI2N/c3-2(4,5)1-6. The van der Waals surface area contributed by atoms with Gasteiger partial charge < -0.3 is 0 Å². The molecule has 0 N–H and O–H groups in total. The van der Waals surface area contributed by atoms with Crippen LogP contribution in [0.3, 0.4) is 0 Å². The van der Waals surface area contributed by atoms with Gasteiger partial charge in [0.2, 0.25) is 0 Å². The van der Waals surface area contributed by atoms with Gasteiger partial charge in [-0.3, -0.25) is 0 Å². The SMILES string of the molecule is N#CC(F)(I)I. The summed E-state index contributed by atoms with van der Waals surface area (Å²) >= 11 is 2.80. The van der Waals surface area contributed by atoms with E-state index in [-0.39, 0.29) is 0 Å². The summed E-state index contributed by atoms with van der Waals surface area (Å²) in [6.45, 7) is 0. The molecule has 6 heavy (non-hydrogen) atoms. The van der Waals surface area contributed by atoms with E-state index in [0.717, 1.165) is 0 Å². The molecule has 0 spiro atoms. The van der Waals surface area contributed by atoms with Crippen molar-refractivity contribution in [2.24, 2.45) is 0 Å². The van der Waals surface area contributed by atoms with Crippen molar-refractivity contribution in [3.63, 3.8) is 0 Å². The Kier molecular flexibility index (Phi) is 2.59. The molecule has 0 atom stereocenters. The highest BCUT2D eigenvalue weighted by atomic mass is 127. The molecule has 0 heterocycles. The number of hydrogen-bond donors (Lipinski definition) is 0. The van der Waals surface area contributed by atoms with Crippen molar-refractivity contribution < 1.29 is 4.39 Å². The minimum Gasteiger partial charge on any atom is -0.204 e. The fraction of sp³-hybridized carbons (Fsp3) is 0.500. The molecule has 0 aromatic rings. The van der Waals surface area contributed by atoms with E-state index in [2.05, 4.69) is 0 Å². The van der Waals surface area contributed by atoms with Gasteiger partial charge in [-0.2, -0.15) is 5.26 Å². The summed E-state index contributed by atoms with van der Waals surface area (Å²) in [6, 6.07) is 1.41. The van der Waals surface area contributed by atoms with Gasteiger partial charge in [-0.1, -0.05) is 0 Å². The van der Waals surface area contributed by atoms with E-state index in [0.29, 0.717) is 0 Å². The molecule has 0 saturated carbocycles. The van der Waals surface area contributed by atoms with Gasteiger partial charge in [0, 0.05) is 0 Å². The lowest BCUT2D eigenvalue weighted by Crippen LogP contribution is -1.92. The van der Waals surface area contributed by atoms with Crippen LogP contribution in [0.2, 0.25) is 0 Å². The first-order valence-corrected chi connectivity index (χ1v) is 3.20. The zero-order valence-electron chi connectivity index (χ0n) is 2.58. The molecule has 0 unspecified atom stereocenters. The van der Waals surface area contributed by atoms with Gasteiger partial charge in [0.15, 0.2) is 0 Å². The predicted molar refractivity (Wildman–Crippen MR) is 37.5 cm³/mol. The maximum Gasteiger partial charge on any atom is 0.294 e. The minimum atomic E-state index is -1.71. The maximum atomic E-state index is 11.7. The van der Waals surface area contributed by atoms with Crippen LogP contribution in [0.4, 0.5) is 4.39 Å². The van der Waals surface area contributed by atoms with Crippen LogP contribution in [0.15, 0.2) is 0 Å². The molecule has 0 aliphatic carbocycles. The van der Waals surface area contributed by atoms with Crippen LogP contribution in [0.5, 0.6) is 0 Å². The normalized spacial score (nSPS) is 10.3. The fourth-order valence-corrected chi connectivity index (χ4v) is 0. The largest absolute Gasteiger partial charge is 0.294 e. The third-order valence-electron chi connectivity index (χ3n) is 0.127. The van der Waals surface area contributed by atoms with Gasteiger partial charge in [0.1, 0.15) is 6.07 Å². The number of hydrogen-bond acceptors (Lipinski definition) is 1. The smallest absolute Gasteiger partial charge is 0.204 e. The van der Waals surface area contributed by atoms with Crippen molar-refractivity contribution in [2.75, 3.05) is 0 Å². The van der Waals surface area contributed by atoms with Crippen LogP contribution in [-0.2, 0) is 0 Å². The molecular formula is C2FI2N. The first-order valence-electron chi connectivity index (χ1n) is 1.04. The first kappa shape index (κ1) is 6.88. The molecule has 0 aromatic carbocycles. The fourth-order valence-electron chi connectivity index (χ4n) is 0. The van der Waals surface area contributed by atoms with E-state index in [1.54, 1.807) is 0 Å². The molecule has 0 aliphatic rings. The topological polar surface area (TPSA) is 23.8 Å². The van der Waals surface area contributed by atoms with Crippen molar-refractivity contribution in [1.82, 2.24) is 0 Å². The van der Waals surface area contributed by atoms with Crippen molar-refractivity contribution in [1.29, 1.82) is 5.26 Å². The Morgan fingerprint density at radius 3 is 1.83 bits per heavy atom. The van der Waals surface area contributed by atoms with E-state index in [1.165, 1.54) is 51.3 Å². The molecule has 0 aliphatic heterocycles. The minimum absolute atomic E-state index is 1.40. The number of nitrogens with zero attached hydrogens (tertiary/aromatic N) is 1. The highest BCUT2D eigenvalue weighted by Gasteiger charge is 2.16. The van der Waals surface area contributed by atoms with E-state index >= 15 is 0 Å². The van der Waals surface area contributed by atoms with Gasteiger partial charge in [-0.25, -0.2) is 4.39 Å². The van der Waals surface area contributed by atoms with Crippen LogP contribution in [0.25, 0.3) is 0 Å². The van der Waals surface area contributed by atoms with E-state index in [1.807, 2.05) is 0 Å². The lowest BCUT2D eigenvalue weighted by molar-refractivity contribution is 0.530. The van der Waals surface area contributed by atoms with Gasteiger partial charge in [0.05, 0.1) is 0 Å². The van der Waals surface area contributed by atoms with Crippen molar-refractivity contribution >= 4 is 45.2 Å². The van der Waals surface area contributed by atoms with Crippen LogP contribution in [-0.4, -0.2) is 1.68 Å². The Morgan fingerprint density at radius 1 is 1.67 bits per heavy atom. The van der Waals surface area contributed by atoms with Gasteiger partial charge in [0.25, 0.3) is 1.68 Å². The molecule has 0 rings (SSSR count). The predicted octanol–water partition coefficient (Wildman–Crippen LogP) is 2.00. The zero-order valence-corrected chi connectivity index (χ0v) is 6.90. The Labute approximate surface area is 62.2 Å². The average Bonchev–Trinajstić information content (AvgIpc) is 1.35. The molecular weight excluding hydrogens is 311 g/mol. The first-order chi connectivity index (χ1) is 2.56. The average molecular weight is 311 g/mol. The number of rotatable bonds is 0. The van der Waals surface area contributed by atoms with E-state index in [9.17, 15) is 4.39 Å². The summed E-state index contributed by atoms with van der Waals surface area (Å²) in [7, 11) is 0. The summed E-state index contributed by atoms with van der Waals surface area (Å²) in [5.41, 5.74) is 0. The third-order valence-corrected chi connectivity index (χ3v) is 0.609. The molecule has 0 bridgehead atoms. The molecule has 0 radical (unpaired) electrons. The second kappa shape index (κ2) is 2.26. The summed E-state index contributed by atoms with van der Waals surface area (Å²) < 4.78 is 10.0. The Balaban J connectivity index is 3.55. The van der Waals surface area contributed by atoms with Crippen LogP contribution in [0, 0.1) is 11.3 Å². The summed E-state index contributed by atoms with van der Waals surface area (Å²) in [5, 5.41) is 7.76. The van der Waals surface area contributed by atoms with Crippen LogP contribution in [0.1, 0.15) is 0 Å². The second-order valence-corrected chi connectivity index (χ2v) is 5.65. The molecule has 0 aromatic heterocycles. The van der Waals surface area contributed by atoms with Gasteiger partial charge >= 0.3 is 0 Å². The molecule has 0 fully saturated rings. The highest BCUT2D eigenvalue weighted by molar-refractivity contribution is 14.2. The Bertz CT molecular complexity index is 78.5. The Morgan fingerprint density at radius 2 is 1.83 bits per heavy atom. The highest BCUT2D eigenvalue weighted by Crippen LogP contribution is 2.27. The Hall–Kier alpha value is 0.880. The molecule has 0 saturated heterocycles. The summed E-state index contributed by atoms with van der Waals surface area (Å²) in [6.07, 6.45) is 0. The molecule has 34 valence electrons. The summed E-state index contributed by atoms with van der Waals surface area (Å²) in [4.78, 5) is 0.